The van der Waals surface area contributed by atoms with E-state index in [0.717, 1.165) is 19.7 Å². The van der Waals surface area contributed by atoms with Crippen LogP contribution in [0.15, 0.2) is 16.6 Å². The van der Waals surface area contributed by atoms with E-state index in [1.54, 1.807) is 35.4 Å². The molecule has 0 saturated carbocycles. The van der Waals surface area contributed by atoms with Gasteiger partial charge >= 0.3 is 0 Å². The lowest BCUT2D eigenvalue weighted by molar-refractivity contribution is 1.24. The molecule has 0 aromatic carbocycles. The number of nitrogens with zero attached hydrogens (tertiary/aromatic N) is 2. The molecule has 0 saturated heterocycles. The molecule has 2 aromatic rings. The summed E-state index contributed by atoms with van der Waals surface area (Å²) in [6, 6.07) is 1.78. The molecule has 12 heavy (non-hydrogen) atoms. The highest BCUT2D eigenvalue weighted by Crippen LogP contribution is 2.31. The van der Waals surface area contributed by atoms with Crippen LogP contribution in [0.5, 0.6) is 0 Å². The molecule has 62 valence electrons. The molecule has 0 unspecified atom stereocenters. The molecule has 2 aromatic heterocycles. The van der Waals surface area contributed by atoms with E-state index in [4.69, 9.17) is 11.6 Å². The summed E-state index contributed by atoms with van der Waals surface area (Å²) in [5, 5.41) is 0.734. The van der Waals surface area contributed by atoms with E-state index in [1.807, 2.05) is 6.26 Å². The quantitative estimate of drug-likeness (QED) is 0.686. The molecule has 5 heteroatoms. The fourth-order valence-electron chi connectivity index (χ4n) is 0.872. The molecular formula is C7H5ClN2S2. The first kappa shape index (κ1) is 8.29. The van der Waals surface area contributed by atoms with E-state index in [2.05, 4.69) is 9.97 Å². The predicted octanol–water partition coefficient (Wildman–Crippen LogP) is 3.07. The summed E-state index contributed by atoms with van der Waals surface area (Å²) in [6.07, 6.45) is 3.67. The Kier molecular flexibility index (Phi) is 2.21. The molecule has 0 atom stereocenters. The van der Waals surface area contributed by atoms with E-state index < -0.39 is 0 Å². The molecule has 2 nitrogen and oxygen atoms in total. The van der Waals surface area contributed by atoms with Crippen LogP contribution >= 0.6 is 34.7 Å². The molecule has 0 fully saturated rings. The average Bonchev–Trinajstić information content (AvgIpc) is 2.49. The van der Waals surface area contributed by atoms with Crippen LogP contribution in [-0.4, -0.2) is 16.2 Å². The number of hydrogen-bond acceptors (Lipinski definition) is 4. The minimum Gasteiger partial charge on any atom is -0.236 e. The first-order chi connectivity index (χ1) is 5.81. The molecule has 0 spiro atoms. The van der Waals surface area contributed by atoms with E-state index in [1.165, 1.54) is 0 Å². The van der Waals surface area contributed by atoms with Crippen LogP contribution < -0.4 is 0 Å². The van der Waals surface area contributed by atoms with Gasteiger partial charge in [0, 0.05) is 6.20 Å². The maximum Gasteiger partial charge on any atom is 0.173 e. The van der Waals surface area contributed by atoms with Crippen LogP contribution in [-0.2, 0) is 0 Å². The van der Waals surface area contributed by atoms with Crippen molar-refractivity contribution in [1.29, 1.82) is 0 Å². The third kappa shape index (κ3) is 1.30. The molecule has 0 aliphatic carbocycles. The highest BCUT2D eigenvalue weighted by Gasteiger charge is 2.05. The first-order valence-corrected chi connectivity index (χ1v) is 5.68. The molecule has 0 radical (unpaired) electrons. The van der Waals surface area contributed by atoms with Crippen molar-refractivity contribution >= 4 is 45.0 Å². The van der Waals surface area contributed by atoms with Gasteiger partial charge in [-0.1, -0.05) is 23.4 Å². The minimum atomic E-state index is 0.734. The second-order valence-corrected chi connectivity index (χ2v) is 4.59. The Morgan fingerprint density at radius 2 is 2.42 bits per heavy atom. The zero-order valence-corrected chi connectivity index (χ0v) is 8.63. The van der Waals surface area contributed by atoms with E-state index >= 15 is 0 Å². The molecule has 0 bridgehead atoms. The van der Waals surface area contributed by atoms with Gasteiger partial charge in [-0.05, 0) is 12.3 Å². The van der Waals surface area contributed by atoms with Crippen LogP contribution in [0.2, 0.25) is 5.02 Å². The summed E-state index contributed by atoms with van der Waals surface area (Å²) in [6.45, 7) is 0. The van der Waals surface area contributed by atoms with E-state index in [-0.39, 0.29) is 0 Å². The van der Waals surface area contributed by atoms with Gasteiger partial charge in [0.05, 0.1) is 9.72 Å². The lowest BCUT2D eigenvalue weighted by Gasteiger charge is -1.86. The third-order valence-electron chi connectivity index (χ3n) is 1.40. The lowest BCUT2D eigenvalue weighted by Crippen LogP contribution is -1.74. The number of aromatic nitrogens is 2. The van der Waals surface area contributed by atoms with Crippen molar-refractivity contribution in [2.45, 2.75) is 4.34 Å². The summed E-state index contributed by atoms with van der Waals surface area (Å²) in [4.78, 5) is 8.39. The SMILES string of the molecule is CSc1nc2nccc(Cl)c2s1. The zero-order chi connectivity index (χ0) is 8.55. The molecular weight excluding hydrogens is 212 g/mol. The second kappa shape index (κ2) is 3.20. The van der Waals surface area contributed by atoms with Crippen LogP contribution in [0.3, 0.4) is 0 Å². The van der Waals surface area contributed by atoms with Crippen molar-refractivity contribution in [3.63, 3.8) is 0 Å². The number of halogens is 1. The van der Waals surface area contributed by atoms with E-state index in [0.29, 0.717) is 0 Å². The zero-order valence-electron chi connectivity index (χ0n) is 6.24. The number of thioether (sulfide) groups is 1. The summed E-state index contributed by atoms with van der Waals surface area (Å²) < 4.78 is 1.98. The Balaban J connectivity index is 2.74. The van der Waals surface area contributed by atoms with E-state index in [9.17, 15) is 0 Å². The largest absolute Gasteiger partial charge is 0.236 e. The maximum absolute atomic E-state index is 5.95. The standard InChI is InChI=1S/C7H5ClN2S2/c1-11-7-10-6-5(12-7)4(8)2-3-9-6/h2-3H,1H3. The van der Waals surface area contributed by atoms with Gasteiger partial charge in [0.25, 0.3) is 0 Å². The van der Waals surface area contributed by atoms with Gasteiger partial charge in [-0.3, -0.25) is 0 Å². The minimum absolute atomic E-state index is 0.734. The number of rotatable bonds is 1. The number of fused-ring (bicyclic) bond motifs is 1. The van der Waals surface area contributed by atoms with Gasteiger partial charge in [-0.15, -0.1) is 11.3 Å². The van der Waals surface area contributed by atoms with Crippen LogP contribution in [0, 0.1) is 0 Å². The van der Waals surface area contributed by atoms with Gasteiger partial charge < -0.3 is 0 Å². The molecule has 0 aliphatic rings. The van der Waals surface area contributed by atoms with Crippen molar-refractivity contribution in [3.8, 4) is 0 Å². The molecule has 0 N–H and O–H groups in total. The molecule has 2 rings (SSSR count). The maximum atomic E-state index is 5.95. The fourth-order valence-corrected chi connectivity index (χ4v) is 2.55. The van der Waals surface area contributed by atoms with Crippen molar-refractivity contribution in [2.75, 3.05) is 6.26 Å². The van der Waals surface area contributed by atoms with Crippen molar-refractivity contribution < 1.29 is 0 Å². The molecule has 0 amide bonds. The van der Waals surface area contributed by atoms with Crippen LogP contribution in [0.1, 0.15) is 0 Å². The summed E-state index contributed by atoms with van der Waals surface area (Å²) >= 11 is 9.14. The molecule has 0 aliphatic heterocycles. The lowest BCUT2D eigenvalue weighted by atomic mass is 10.5. The van der Waals surface area contributed by atoms with Crippen molar-refractivity contribution in [1.82, 2.24) is 9.97 Å². The topological polar surface area (TPSA) is 25.8 Å². The Morgan fingerprint density at radius 3 is 3.08 bits per heavy atom. The predicted molar refractivity (Wildman–Crippen MR) is 54.2 cm³/mol. The van der Waals surface area contributed by atoms with Crippen molar-refractivity contribution in [2.24, 2.45) is 0 Å². The average molecular weight is 217 g/mol. The van der Waals surface area contributed by atoms with Crippen LogP contribution in [0.25, 0.3) is 10.3 Å². The Morgan fingerprint density at radius 1 is 1.58 bits per heavy atom. The van der Waals surface area contributed by atoms with Gasteiger partial charge in [0.15, 0.2) is 9.99 Å². The van der Waals surface area contributed by atoms with Gasteiger partial charge in [-0.2, -0.15) is 0 Å². The third-order valence-corrected chi connectivity index (χ3v) is 3.89. The Labute approximate surface area is 83.0 Å². The highest BCUT2D eigenvalue weighted by atomic mass is 35.5. The smallest absolute Gasteiger partial charge is 0.173 e. The fraction of sp³-hybridized carbons (Fsp3) is 0.143. The summed E-state index contributed by atoms with van der Waals surface area (Å²) in [5.41, 5.74) is 0.747. The number of thiazole rings is 1. The Hall–Kier alpha value is -0.320. The van der Waals surface area contributed by atoms with Crippen molar-refractivity contribution in [3.05, 3.63) is 17.3 Å². The first-order valence-electron chi connectivity index (χ1n) is 3.26. The van der Waals surface area contributed by atoms with Crippen LogP contribution in [0.4, 0.5) is 0 Å². The normalized spacial score (nSPS) is 10.8. The Bertz CT molecular complexity index is 413. The highest BCUT2D eigenvalue weighted by molar-refractivity contribution is 8.00. The summed E-state index contributed by atoms with van der Waals surface area (Å²) in [5.74, 6) is 0. The second-order valence-electron chi connectivity index (χ2n) is 2.13. The van der Waals surface area contributed by atoms with Gasteiger partial charge in [0.1, 0.15) is 0 Å². The number of hydrogen-bond donors (Lipinski definition) is 0. The molecule has 2 heterocycles. The monoisotopic (exact) mass is 216 g/mol. The van der Waals surface area contributed by atoms with Gasteiger partial charge in [0.2, 0.25) is 0 Å². The summed E-state index contributed by atoms with van der Waals surface area (Å²) in [7, 11) is 0. The van der Waals surface area contributed by atoms with Gasteiger partial charge in [-0.25, -0.2) is 9.97 Å². The number of pyridine rings is 1.